The number of likely N-dealkylation sites (N-methyl/N-ethyl adjacent to an activating group) is 2. The maximum absolute atomic E-state index is 12.7. The van der Waals surface area contributed by atoms with Crippen molar-refractivity contribution >= 4 is 20.6 Å². The van der Waals surface area contributed by atoms with Crippen LogP contribution < -0.4 is 0 Å². The van der Waals surface area contributed by atoms with Crippen LogP contribution in [-0.2, 0) is 22.9 Å². The van der Waals surface area contributed by atoms with E-state index in [1.54, 1.807) is 9.80 Å². The number of hydrogen-bond acceptors (Lipinski definition) is 6. The fourth-order valence-electron chi connectivity index (χ4n) is 3.47. The molecule has 0 radical (unpaired) electrons. The Morgan fingerprint density at radius 2 is 1.03 bits per heavy atom. The predicted molar refractivity (Wildman–Crippen MR) is 122 cm³/mol. The van der Waals surface area contributed by atoms with Gasteiger partial charge in [0.25, 0.3) is 0 Å². The minimum Gasteiger partial charge on any atom is -0.374 e. The number of hydrogen-bond donors (Lipinski definition) is 0. The average Bonchev–Trinajstić information content (AvgIpc) is 2.70. The molecule has 0 aliphatic rings. The van der Waals surface area contributed by atoms with Gasteiger partial charge >= 0.3 is 8.80 Å². The molecule has 0 fully saturated rings. The first kappa shape index (κ1) is 29.0. The van der Waals surface area contributed by atoms with Crippen molar-refractivity contribution in [2.75, 3.05) is 65.6 Å². The van der Waals surface area contributed by atoms with Crippen molar-refractivity contribution in [2.45, 2.75) is 60.9 Å². The van der Waals surface area contributed by atoms with Gasteiger partial charge in [0.2, 0.25) is 11.8 Å². The van der Waals surface area contributed by atoms with Crippen LogP contribution in [0.5, 0.6) is 0 Å². The third kappa shape index (κ3) is 10.3. The zero-order chi connectivity index (χ0) is 23.0. The van der Waals surface area contributed by atoms with Gasteiger partial charge in [-0.15, -0.1) is 0 Å². The molecule has 0 aromatic carbocycles. The van der Waals surface area contributed by atoms with Gasteiger partial charge in [-0.3, -0.25) is 14.5 Å². The van der Waals surface area contributed by atoms with Gasteiger partial charge in [0, 0.05) is 52.0 Å². The summed E-state index contributed by atoms with van der Waals surface area (Å²) >= 11 is 0. The van der Waals surface area contributed by atoms with Crippen molar-refractivity contribution in [3.63, 3.8) is 0 Å². The van der Waals surface area contributed by atoms with Gasteiger partial charge in [-0.2, -0.15) is 0 Å². The van der Waals surface area contributed by atoms with Crippen molar-refractivity contribution in [2.24, 2.45) is 0 Å². The highest BCUT2D eigenvalue weighted by molar-refractivity contribution is 6.60. The summed E-state index contributed by atoms with van der Waals surface area (Å²) in [6, 6.07) is 0.665. The van der Waals surface area contributed by atoms with Crippen LogP contribution in [0.1, 0.15) is 54.9 Å². The molecule has 0 aromatic rings. The van der Waals surface area contributed by atoms with Gasteiger partial charge < -0.3 is 23.1 Å². The molecule has 0 rings (SSSR count). The average molecular weight is 448 g/mol. The van der Waals surface area contributed by atoms with E-state index in [0.717, 1.165) is 6.42 Å². The van der Waals surface area contributed by atoms with Crippen molar-refractivity contribution in [1.29, 1.82) is 0 Å². The summed E-state index contributed by atoms with van der Waals surface area (Å²) in [7, 11) is -2.73. The van der Waals surface area contributed by atoms with E-state index in [1.807, 2.05) is 53.4 Å². The normalized spacial score (nSPS) is 11.7. The molecule has 30 heavy (non-hydrogen) atoms. The Morgan fingerprint density at radius 1 is 0.667 bits per heavy atom. The monoisotopic (exact) mass is 447 g/mol. The van der Waals surface area contributed by atoms with Crippen LogP contribution in [0.15, 0.2) is 0 Å². The first-order chi connectivity index (χ1) is 14.4. The molecular formula is C21H45N3O5Si. The molecule has 0 N–H and O–H groups in total. The third-order valence-electron chi connectivity index (χ3n) is 5.00. The van der Waals surface area contributed by atoms with Crippen LogP contribution in [-0.4, -0.2) is 101 Å². The molecule has 0 aliphatic carbocycles. The number of carbonyl (C=O) groups is 2. The summed E-state index contributed by atoms with van der Waals surface area (Å²) in [6.07, 6.45) is 0.739. The summed E-state index contributed by atoms with van der Waals surface area (Å²) in [5.41, 5.74) is 0. The molecule has 0 aromatic heterocycles. The van der Waals surface area contributed by atoms with Gasteiger partial charge in [0.15, 0.2) is 0 Å². The highest BCUT2D eigenvalue weighted by Gasteiger charge is 2.39. The SMILES string of the molecule is CCO[Si](CCCN(CC(=O)N(CC)CC)CC(=O)N(CC)CC)(OCC)OCC. The van der Waals surface area contributed by atoms with Gasteiger partial charge in [-0.05, 0) is 61.4 Å². The van der Waals surface area contributed by atoms with Crippen molar-refractivity contribution in [3.8, 4) is 0 Å². The quantitative estimate of drug-likeness (QED) is 0.301. The van der Waals surface area contributed by atoms with E-state index in [4.69, 9.17) is 13.3 Å². The molecule has 0 saturated heterocycles. The molecular weight excluding hydrogens is 402 g/mol. The van der Waals surface area contributed by atoms with Crippen LogP contribution in [0.25, 0.3) is 0 Å². The molecule has 2 amide bonds. The first-order valence-electron chi connectivity index (χ1n) is 11.6. The molecule has 178 valence electrons. The molecule has 0 bridgehead atoms. The zero-order valence-electron chi connectivity index (χ0n) is 20.4. The second-order valence-corrected chi connectivity index (χ2v) is 9.66. The van der Waals surface area contributed by atoms with E-state index < -0.39 is 8.80 Å². The van der Waals surface area contributed by atoms with Crippen LogP contribution in [0.2, 0.25) is 6.04 Å². The van der Waals surface area contributed by atoms with E-state index >= 15 is 0 Å². The van der Waals surface area contributed by atoms with Crippen LogP contribution in [0.3, 0.4) is 0 Å². The van der Waals surface area contributed by atoms with Gasteiger partial charge in [0.05, 0.1) is 13.1 Å². The number of carbonyl (C=O) groups excluding carboxylic acids is 2. The smallest absolute Gasteiger partial charge is 0.374 e. The van der Waals surface area contributed by atoms with E-state index in [0.29, 0.717) is 58.6 Å². The number of nitrogens with zero attached hydrogens (tertiary/aromatic N) is 3. The zero-order valence-corrected chi connectivity index (χ0v) is 21.4. The fraction of sp³-hybridized carbons (Fsp3) is 0.905. The Kier molecular flexibility index (Phi) is 16.1. The molecule has 9 heteroatoms. The van der Waals surface area contributed by atoms with E-state index in [2.05, 4.69) is 0 Å². The minimum atomic E-state index is -2.73. The topological polar surface area (TPSA) is 71.6 Å². The van der Waals surface area contributed by atoms with Gasteiger partial charge in [-0.25, -0.2) is 0 Å². The molecule has 0 atom stereocenters. The fourth-order valence-corrected chi connectivity index (χ4v) is 6.06. The van der Waals surface area contributed by atoms with Gasteiger partial charge in [-0.1, -0.05) is 0 Å². The number of amides is 2. The lowest BCUT2D eigenvalue weighted by Crippen LogP contribution is -2.48. The Hall–Kier alpha value is -1.00. The number of rotatable bonds is 18. The maximum Gasteiger partial charge on any atom is 0.500 e. The first-order valence-corrected chi connectivity index (χ1v) is 13.5. The third-order valence-corrected chi connectivity index (χ3v) is 8.15. The van der Waals surface area contributed by atoms with E-state index in [-0.39, 0.29) is 24.9 Å². The Morgan fingerprint density at radius 3 is 1.33 bits per heavy atom. The molecule has 0 saturated carbocycles. The molecule has 8 nitrogen and oxygen atoms in total. The second-order valence-electron chi connectivity index (χ2n) is 6.93. The maximum atomic E-state index is 12.7. The lowest BCUT2D eigenvalue weighted by atomic mass is 10.3. The minimum absolute atomic E-state index is 0.0512. The van der Waals surface area contributed by atoms with E-state index in [1.165, 1.54) is 0 Å². The Balaban J connectivity index is 5.20. The van der Waals surface area contributed by atoms with Crippen LogP contribution in [0, 0.1) is 0 Å². The summed E-state index contributed by atoms with van der Waals surface area (Å²) in [5.74, 6) is 0.102. The Labute approximate surface area is 185 Å². The summed E-state index contributed by atoms with van der Waals surface area (Å²) in [6.45, 7) is 19.1. The van der Waals surface area contributed by atoms with Crippen molar-refractivity contribution in [1.82, 2.24) is 14.7 Å². The standard InChI is InChI=1S/C21H45N3O5Si/c1-8-23(9-2)20(25)18-22(19-21(26)24(10-3)11-4)16-15-17-30(27-12-5,28-13-6)29-14-7/h8-19H2,1-7H3. The second kappa shape index (κ2) is 16.7. The van der Waals surface area contributed by atoms with Crippen LogP contribution in [0.4, 0.5) is 0 Å². The highest BCUT2D eigenvalue weighted by Crippen LogP contribution is 2.18. The van der Waals surface area contributed by atoms with Crippen LogP contribution >= 0.6 is 0 Å². The van der Waals surface area contributed by atoms with E-state index in [9.17, 15) is 9.59 Å². The predicted octanol–water partition coefficient (Wildman–Crippen LogP) is 2.46. The van der Waals surface area contributed by atoms with Crippen molar-refractivity contribution < 1.29 is 22.9 Å². The highest BCUT2D eigenvalue weighted by atomic mass is 28.4. The largest absolute Gasteiger partial charge is 0.500 e. The molecule has 0 spiro atoms. The summed E-state index contributed by atoms with van der Waals surface area (Å²) < 4.78 is 17.8. The lowest BCUT2D eigenvalue weighted by Gasteiger charge is -2.30. The summed E-state index contributed by atoms with van der Waals surface area (Å²) in [4.78, 5) is 30.9. The molecule has 0 heterocycles. The molecule has 0 aliphatic heterocycles. The molecule has 0 unspecified atom stereocenters. The Bertz CT molecular complexity index is 431. The lowest BCUT2D eigenvalue weighted by molar-refractivity contribution is -0.135. The van der Waals surface area contributed by atoms with Crippen molar-refractivity contribution in [3.05, 3.63) is 0 Å². The van der Waals surface area contributed by atoms with Gasteiger partial charge in [0.1, 0.15) is 0 Å². The summed E-state index contributed by atoms with van der Waals surface area (Å²) in [5, 5.41) is 0.